The van der Waals surface area contributed by atoms with E-state index in [9.17, 15) is 26.4 Å². The molecule has 0 saturated heterocycles. The molecule has 10 heteroatoms. The normalized spacial score (nSPS) is 14.4. The number of anilines is 1. The standard InChI is InChI=1S/C26H33F3N2O4S/c1-5-30(6-2)22-14-13-20(17-31(18(3)4)25(32)19-9-7-10-19)24(16-22)35-36(33,34)23-12-8-11-21(15-23)26(27,28)29/h8,11-16,18-19H,5-7,9-10,17H2,1-4H3. The number of nitrogens with zero attached hydrogens (tertiary/aromatic N) is 2. The van der Waals surface area contributed by atoms with Gasteiger partial charge in [-0.3, -0.25) is 4.79 Å². The molecule has 198 valence electrons. The van der Waals surface area contributed by atoms with Crippen LogP contribution in [0.3, 0.4) is 0 Å². The van der Waals surface area contributed by atoms with E-state index in [1.807, 2.05) is 38.7 Å². The van der Waals surface area contributed by atoms with Gasteiger partial charge in [-0.2, -0.15) is 21.6 Å². The summed E-state index contributed by atoms with van der Waals surface area (Å²) in [6, 6.07) is 8.45. The first-order chi connectivity index (χ1) is 16.9. The zero-order valence-corrected chi connectivity index (χ0v) is 21.8. The van der Waals surface area contributed by atoms with Gasteiger partial charge in [0.15, 0.2) is 0 Å². The summed E-state index contributed by atoms with van der Waals surface area (Å²) in [5, 5.41) is 0. The Morgan fingerprint density at radius 3 is 2.28 bits per heavy atom. The van der Waals surface area contributed by atoms with Gasteiger partial charge in [0, 0.05) is 48.9 Å². The lowest BCUT2D eigenvalue weighted by molar-refractivity contribution is -0.140. The first kappa shape index (κ1) is 27.8. The van der Waals surface area contributed by atoms with E-state index >= 15 is 0 Å². The molecule has 0 radical (unpaired) electrons. The Hall–Kier alpha value is -2.75. The quantitative estimate of drug-likeness (QED) is 0.363. The average molecular weight is 527 g/mol. The van der Waals surface area contributed by atoms with Crippen LogP contribution in [0.1, 0.15) is 58.1 Å². The molecule has 36 heavy (non-hydrogen) atoms. The molecule has 1 aliphatic rings. The molecule has 1 fully saturated rings. The zero-order chi connectivity index (χ0) is 26.7. The molecule has 6 nitrogen and oxygen atoms in total. The van der Waals surface area contributed by atoms with Crippen molar-refractivity contribution in [2.24, 2.45) is 5.92 Å². The SMILES string of the molecule is CCN(CC)c1ccc(CN(C(=O)C2CCC2)C(C)C)c(OS(=O)(=O)c2cccc(C(F)(F)F)c2)c1. The highest BCUT2D eigenvalue weighted by Gasteiger charge is 2.33. The van der Waals surface area contributed by atoms with Crippen molar-refractivity contribution < 1.29 is 30.6 Å². The van der Waals surface area contributed by atoms with Crippen LogP contribution in [-0.4, -0.2) is 38.4 Å². The Bertz CT molecular complexity index is 1170. The largest absolute Gasteiger partial charge is 0.416 e. The van der Waals surface area contributed by atoms with E-state index in [4.69, 9.17) is 4.18 Å². The summed E-state index contributed by atoms with van der Waals surface area (Å²) in [7, 11) is -4.58. The molecule has 0 aliphatic heterocycles. The van der Waals surface area contributed by atoms with Gasteiger partial charge in [-0.25, -0.2) is 0 Å². The van der Waals surface area contributed by atoms with Crippen LogP contribution >= 0.6 is 0 Å². The number of alkyl halides is 3. The van der Waals surface area contributed by atoms with Crippen LogP contribution in [0.5, 0.6) is 5.75 Å². The molecule has 0 atom stereocenters. The smallest absolute Gasteiger partial charge is 0.379 e. The lowest BCUT2D eigenvalue weighted by Crippen LogP contribution is -2.42. The monoisotopic (exact) mass is 526 g/mol. The molecule has 0 spiro atoms. The van der Waals surface area contributed by atoms with E-state index < -0.39 is 26.8 Å². The predicted octanol–water partition coefficient (Wildman–Crippen LogP) is 5.86. The number of benzene rings is 2. The lowest BCUT2D eigenvalue weighted by atomic mass is 9.84. The minimum atomic E-state index is -4.70. The highest BCUT2D eigenvalue weighted by molar-refractivity contribution is 7.87. The number of hydrogen-bond donors (Lipinski definition) is 0. The second kappa shape index (κ2) is 11.1. The summed E-state index contributed by atoms with van der Waals surface area (Å²) >= 11 is 0. The van der Waals surface area contributed by atoms with E-state index in [-0.39, 0.29) is 30.2 Å². The van der Waals surface area contributed by atoms with Crippen LogP contribution in [-0.2, 0) is 27.6 Å². The molecular weight excluding hydrogens is 493 g/mol. The average Bonchev–Trinajstić information content (AvgIpc) is 2.77. The molecule has 1 saturated carbocycles. The van der Waals surface area contributed by atoms with E-state index in [2.05, 4.69) is 0 Å². The van der Waals surface area contributed by atoms with E-state index in [0.29, 0.717) is 30.4 Å². The minimum Gasteiger partial charge on any atom is -0.379 e. The Balaban J connectivity index is 2.01. The highest BCUT2D eigenvalue weighted by Crippen LogP contribution is 2.34. The maximum atomic E-state index is 13.2. The van der Waals surface area contributed by atoms with Crippen molar-refractivity contribution in [1.29, 1.82) is 0 Å². The molecule has 0 aromatic heterocycles. The fourth-order valence-corrected chi connectivity index (χ4v) is 5.12. The van der Waals surface area contributed by atoms with Gasteiger partial charge in [-0.1, -0.05) is 18.6 Å². The van der Waals surface area contributed by atoms with Gasteiger partial charge in [-0.05, 0) is 64.8 Å². The Kier molecular flexibility index (Phi) is 8.59. The van der Waals surface area contributed by atoms with Gasteiger partial charge in [-0.15, -0.1) is 0 Å². The number of amides is 1. The molecule has 0 N–H and O–H groups in total. The number of hydrogen-bond acceptors (Lipinski definition) is 5. The minimum absolute atomic E-state index is 0.00996. The second-order valence-corrected chi connectivity index (χ2v) is 10.8. The van der Waals surface area contributed by atoms with Gasteiger partial charge in [0.25, 0.3) is 0 Å². The van der Waals surface area contributed by atoms with Crippen molar-refractivity contribution >= 4 is 21.7 Å². The molecule has 2 aromatic carbocycles. The molecule has 0 bridgehead atoms. The Labute approximate surface area is 211 Å². The van der Waals surface area contributed by atoms with E-state index in [1.165, 1.54) is 0 Å². The van der Waals surface area contributed by atoms with Gasteiger partial charge >= 0.3 is 16.3 Å². The molecule has 2 aromatic rings. The van der Waals surface area contributed by atoms with Crippen LogP contribution in [0.2, 0.25) is 0 Å². The molecule has 0 heterocycles. The van der Waals surface area contributed by atoms with Gasteiger partial charge in [0.05, 0.1) is 5.56 Å². The number of carbonyl (C=O) groups excluding carboxylic acids is 1. The first-order valence-corrected chi connectivity index (χ1v) is 13.6. The van der Waals surface area contributed by atoms with Gasteiger partial charge < -0.3 is 14.0 Å². The topological polar surface area (TPSA) is 66.9 Å². The van der Waals surface area contributed by atoms with E-state index in [0.717, 1.165) is 37.5 Å². The number of halogens is 3. The third kappa shape index (κ3) is 6.32. The summed E-state index contributed by atoms with van der Waals surface area (Å²) in [5.41, 5.74) is 0.0867. The molecule has 1 amide bonds. The third-order valence-electron chi connectivity index (χ3n) is 6.53. The van der Waals surface area contributed by atoms with Crippen molar-refractivity contribution in [3.63, 3.8) is 0 Å². The Morgan fingerprint density at radius 1 is 1.08 bits per heavy atom. The summed E-state index contributed by atoms with van der Waals surface area (Å²) < 4.78 is 71.2. The third-order valence-corrected chi connectivity index (χ3v) is 7.76. The molecule has 1 aliphatic carbocycles. The highest BCUT2D eigenvalue weighted by atomic mass is 32.2. The van der Waals surface area contributed by atoms with Crippen LogP contribution < -0.4 is 9.08 Å². The molecule has 3 rings (SSSR count). The number of rotatable bonds is 10. The summed E-state index contributed by atoms with van der Waals surface area (Å²) in [5.74, 6) is -0.0415. The van der Waals surface area contributed by atoms with Crippen molar-refractivity contribution in [2.75, 3.05) is 18.0 Å². The van der Waals surface area contributed by atoms with E-state index in [1.54, 1.807) is 17.0 Å². The van der Waals surface area contributed by atoms with Crippen molar-refractivity contribution in [3.8, 4) is 5.75 Å². The van der Waals surface area contributed by atoms with Crippen LogP contribution in [0.25, 0.3) is 0 Å². The maximum Gasteiger partial charge on any atom is 0.416 e. The lowest BCUT2D eigenvalue weighted by Gasteiger charge is -2.34. The fourth-order valence-electron chi connectivity index (χ4n) is 4.12. The summed E-state index contributed by atoms with van der Waals surface area (Å²) in [4.78, 5) is 16.1. The van der Waals surface area contributed by atoms with Gasteiger partial charge in [0.1, 0.15) is 10.6 Å². The summed E-state index contributed by atoms with van der Waals surface area (Å²) in [6.07, 6.45) is -2.03. The van der Waals surface area contributed by atoms with Crippen LogP contribution in [0, 0.1) is 5.92 Å². The molecule has 0 unspecified atom stereocenters. The zero-order valence-electron chi connectivity index (χ0n) is 21.0. The predicted molar refractivity (Wildman–Crippen MR) is 132 cm³/mol. The van der Waals surface area contributed by atoms with Crippen LogP contribution in [0.15, 0.2) is 47.4 Å². The Morgan fingerprint density at radius 2 is 1.75 bits per heavy atom. The second-order valence-electron chi connectivity index (χ2n) is 9.22. The van der Waals surface area contributed by atoms with Crippen molar-refractivity contribution in [3.05, 3.63) is 53.6 Å². The van der Waals surface area contributed by atoms with Crippen molar-refractivity contribution in [2.45, 2.75) is 70.6 Å². The molecular formula is C26H33F3N2O4S. The summed E-state index contributed by atoms with van der Waals surface area (Å²) in [6.45, 7) is 9.13. The van der Waals surface area contributed by atoms with Gasteiger partial charge in [0.2, 0.25) is 5.91 Å². The fraction of sp³-hybridized carbons (Fsp3) is 0.500. The van der Waals surface area contributed by atoms with Crippen LogP contribution in [0.4, 0.5) is 18.9 Å². The number of carbonyl (C=O) groups is 1. The first-order valence-electron chi connectivity index (χ1n) is 12.2. The maximum absolute atomic E-state index is 13.2. The van der Waals surface area contributed by atoms with Crippen molar-refractivity contribution in [1.82, 2.24) is 4.90 Å².